The highest BCUT2D eigenvalue weighted by Crippen LogP contribution is 2.60. The number of hydrogen-bond acceptors (Lipinski definition) is 15. The minimum atomic E-state index is -0.469. The first-order chi connectivity index (χ1) is 40.1. The Morgan fingerprint density at radius 3 is 1.07 bits per heavy atom. The fraction of sp³-hybridized carbons (Fsp3) is 0.920. The van der Waals surface area contributed by atoms with Crippen molar-refractivity contribution in [1.82, 2.24) is 0 Å². The van der Waals surface area contributed by atoms with Crippen LogP contribution in [0.25, 0.3) is 0 Å². The summed E-state index contributed by atoms with van der Waals surface area (Å²) in [5, 5.41) is 0. The Bertz CT molecular complexity index is 2190. The standard InChI is InChI=1S/C26H40O5.C22H36O5.C21H34O5.6CH4/c1-4-25(2,3)24(28)31-22-10-16-8-20(22)21(9-16)23(27)30-15-29-14-26-11-17-5-18(12-26)7-19(6-17)13-26;1-4-22(2,3)21(24)27-19-12-16-10-17(19)18(11-16)20(23)26-14-25-13-15-8-6-5-7-9-15;1-4-21(2,3)20(23)26-18-12-14-10-16(18)17(11-14)19(22)25-13-24-15-8-6-5-7-9-15;;;;;;/h16-22H,4-15H2,1-3H3;15-19H,4-14H2,1-3H3;14-18H,4-13H2,1-3H3;6*1H4. The Balaban J connectivity index is 0.000000343. The van der Waals surface area contributed by atoms with Crippen molar-refractivity contribution in [3.8, 4) is 0 Å². The van der Waals surface area contributed by atoms with Gasteiger partial charge < -0.3 is 42.6 Å². The molecule has 0 aromatic carbocycles. The van der Waals surface area contributed by atoms with Gasteiger partial charge in [0.2, 0.25) is 0 Å². The molecule has 0 aromatic heterocycles. The molecule has 12 aliphatic rings. The molecule has 0 aliphatic heterocycles. The summed E-state index contributed by atoms with van der Waals surface area (Å²) in [6.45, 7) is 19.1. The van der Waals surface area contributed by atoms with Gasteiger partial charge in [0.05, 0.1) is 53.3 Å². The van der Waals surface area contributed by atoms with Gasteiger partial charge in [0.25, 0.3) is 0 Å². The van der Waals surface area contributed by atoms with Crippen LogP contribution in [0.3, 0.4) is 0 Å². The molecule has 0 radical (unpaired) electrons. The zero-order valence-corrected chi connectivity index (χ0v) is 53.3. The SMILES string of the molecule is C.C.C.C.C.C.CCC(C)(C)C(=O)OC1CC2CC(C(=O)OCOC3CCCCC3)C1C2.CCC(C)(C)C(=O)OC1CC2CC(C(=O)OCOCC34CC5CC(CC(C5)C3)C4)C1C2.CCC(C)(C)C(=O)OC1CC2CC(C(=O)OCOCC3CCCCC3)C1C2. The van der Waals surface area contributed by atoms with Crippen molar-refractivity contribution in [3.05, 3.63) is 0 Å². The predicted octanol–water partition coefficient (Wildman–Crippen LogP) is 17.6. The molecule has 0 amide bonds. The second kappa shape index (κ2) is 35.4. The molecule has 12 rings (SSSR count). The van der Waals surface area contributed by atoms with Gasteiger partial charge >= 0.3 is 35.8 Å². The van der Waals surface area contributed by atoms with Gasteiger partial charge in [-0.2, -0.15) is 0 Å². The summed E-state index contributed by atoms with van der Waals surface area (Å²) in [6, 6.07) is 0. The summed E-state index contributed by atoms with van der Waals surface area (Å²) >= 11 is 0. The summed E-state index contributed by atoms with van der Waals surface area (Å²) in [6.07, 6.45) is 30.6. The Labute approximate surface area is 548 Å². The topological polar surface area (TPSA) is 185 Å². The molecule has 90 heavy (non-hydrogen) atoms. The molecule has 0 aromatic rings. The lowest BCUT2D eigenvalue weighted by atomic mass is 9.50. The molecule has 12 unspecified atom stereocenters. The summed E-state index contributed by atoms with van der Waals surface area (Å²) in [4.78, 5) is 75.2. The zero-order valence-electron chi connectivity index (χ0n) is 53.3. The lowest BCUT2D eigenvalue weighted by Crippen LogP contribution is -2.48. The number of ether oxygens (including phenoxy) is 9. The Hall–Kier alpha value is -3.30. The van der Waals surface area contributed by atoms with E-state index >= 15 is 0 Å². The molecule has 0 heterocycles. The smallest absolute Gasteiger partial charge is 0.311 e. The van der Waals surface area contributed by atoms with E-state index < -0.39 is 16.2 Å². The van der Waals surface area contributed by atoms with Crippen molar-refractivity contribution >= 4 is 35.8 Å². The molecule has 12 saturated carbocycles. The van der Waals surface area contributed by atoms with Crippen LogP contribution in [0.2, 0.25) is 0 Å². The largest absolute Gasteiger partial charge is 0.462 e. The van der Waals surface area contributed by atoms with E-state index in [1.807, 2.05) is 62.3 Å². The predicted molar refractivity (Wildman–Crippen MR) is 355 cm³/mol. The minimum Gasteiger partial charge on any atom is -0.462 e. The highest BCUT2D eigenvalue weighted by Gasteiger charge is 2.56. The third-order valence-corrected chi connectivity index (χ3v) is 23.5. The van der Waals surface area contributed by atoms with Gasteiger partial charge in [-0.05, 0) is 230 Å². The first kappa shape index (κ1) is 80.9. The maximum Gasteiger partial charge on any atom is 0.311 e. The molecule has 12 fully saturated rings. The van der Waals surface area contributed by atoms with E-state index in [9.17, 15) is 28.8 Å². The van der Waals surface area contributed by atoms with E-state index in [1.54, 1.807) is 0 Å². The Morgan fingerprint density at radius 1 is 0.389 bits per heavy atom. The maximum absolute atomic E-state index is 12.8. The van der Waals surface area contributed by atoms with Gasteiger partial charge in [-0.25, -0.2) is 0 Å². The zero-order chi connectivity index (χ0) is 60.0. The van der Waals surface area contributed by atoms with Crippen molar-refractivity contribution in [2.75, 3.05) is 33.6 Å². The van der Waals surface area contributed by atoms with Crippen molar-refractivity contribution in [3.63, 3.8) is 0 Å². The number of hydrogen-bond donors (Lipinski definition) is 0. The number of fused-ring (bicyclic) bond motifs is 6. The van der Waals surface area contributed by atoms with Gasteiger partial charge in [-0.3, -0.25) is 28.8 Å². The first-order valence-electron chi connectivity index (χ1n) is 34.0. The van der Waals surface area contributed by atoms with E-state index in [2.05, 4.69) is 0 Å². The van der Waals surface area contributed by atoms with E-state index in [0.29, 0.717) is 35.7 Å². The summed E-state index contributed by atoms with van der Waals surface area (Å²) in [5.41, 5.74) is -1.06. The van der Waals surface area contributed by atoms with Crippen molar-refractivity contribution < 1.29 is 71.4 Å². The van der Waals surface area contributed by atoms with Crippen LogP contribution in [0, 0.1) is 98.6 Å². The van der Waals surface area contributed by atoms with E-state index in [-0.39, 0.29) is 161 Å². The monoisotopic (exact) mass is 1270 g/mol. The third-order valence-electron chi connectivity index (χ3n) is 23.5. The second-order valence-electron chi connectivity index (χ2n) is 30.9. The molecule has 0 spiro atoms. The quantitative estimate of drug-likeness (QED) is 0.0407. The molecule has 12 atom stereocenters. The van der Waals surface area contributed by atoms with Gasteiger partial charge in [0.1, 0.15) is 18.3 Å². The van der Waals surface area contributed by atoms with Gasteiger partial charge in [0.15, 0.2) is 20.4 Å². The normalized spacial score (nSPS) is 33.2. The fourth-order valence-corrected chi connectivity index (χ4v) is 17.6. The molecule has 0 saturated heterocycles. The van der Waals surface area contributed by atoms with E-state index in [0.717, 1.165) is 114 Å². The third kappa shape index (κ3) is 20.1. The van der Waals surface area contributed by atoms with Gasteiger partial charge in [-0.15, -0.1) is 0 Å². The van der Waals surface area contributed by atoms with Crippen LogP contribution in [0.5, 0.6) is 0 Å². The fourth-order valence-electron chi connectivity index (χ4n) is 17.6. The second-order valence-corrected chi connectivity index (χ2v) is 30.9. The van der Waals surface area contributed by atoms with Crippen molar-refractivity contribution in [1.29, 1.82) is 0 Å². The molecule has 15 nitrogen and oxygen atoms in total. The lowest BCUT2D eigenvalue weighted by molar-refractivity contribution is -0.177. The molecule has 10 bridgehead atoms. The van der Waals surface area contributed by atoms with Crippen LogP contribution in [0.1, 0.15) is 287 Å². The van der Waals surface area contributed by atoms with Crippen LogP contribution < -0.4 is 0 Å². The Morgan fingerprint density at radius 2 is 0.722 bits per heavy atom. The number of carbonyl (C=O) groups excluding carboxylic acids is 6. The van der Waals surface area contributed by atoms with Crippen LogP contribution in [0.15, 0.2) is 0 Å². The van der Waals surface area contributed by atoms with Crippen LogP contribution in [-0.4, -0.2) is 93.8 Å². The molecule has 0 N–H and O–H groups in total. The summed E-state index contributed by atoms with van der Waals surface area (Å²) < 4.78 is 51.2. The average Bonchev–Trinajstić information content (AvgIpc) is 0.966. The molecular formula is C75H134O15. The Kier molecular flexibility index (Phi) is 31.9. The molecule has 15 heteroatoms. The maximum atomic E-state index is 12.8. The number of carbonyl (C=O) groups is 6. The number of esters is 6. The van der Waals surface area contributed by atoms with Crippen molar-refractivity contribution in [2.45, 2.75) is 311 Å². The highest BCUT2D eigenvalue weighted by atomic mass is 16.7. The van der Waals surface area contributed by atoms with E-state index in [1.165, 1.54) is 89.9 Å². The van der Waals surface area contributed by atoms with Crippen LogP contribution >= 0.6 is 0 Å². The van der Waals surface area contributed by atoms with Gasteiger partial charge in [-0.1, -0.05) is 104 Å². The average molecular weight is 1280 g/mol. The molecule has 12 aliphatic carbocycles. The van der Waals surface area contributed by atoms with Crippen molar-refractivity contribution in [2.24, 2.45) is 98.6 Å². The van der Waals surface area contributed by atoms with Crippen LogP contribution in [-0.2, 0) is 71.4 Å². The lowest BCUT2D eigenvalue weighted by Gasteiger charge is -2.56. The number of rotatable bonds is 23. The highest BCUT2D eigenvalue weighted by molar-refractivity contribution is 5.78. The van der Waals surface area contributed by atoms with Gasteiger partial charge in [0, 0.05) is 17.8 Å². The summed E-state index contributed by atoms with van der Waals surface area (Å²) in [5.74, 6) is 3.68. The molecule has 524 valence electrons. The minimum absolute atomic E-state index is 0. The summed E-state index contributed by atoms with van der Waals surface area (Å²) in [7, 11) is 0. The first-order valence-corrected chi connectivity index (χ1v) is 34.0. The molecular weight excluding hydrogens is 1140 g/mol. The van der Waals surface area contributed by atoms with Crippen LogP contribution in [0.4, 0.5) is 0 Å². The van der Waals surface area contributed by atoms with E-state index in [4.69, 9.17) is 42.6 Å².